The van der Waals surface area contributed by atoms with E-state index in [1.54, 1.807) is 0 Å². The van der Waals surface area contributed by atoms with Crippen LogP contribution in [0.1, 0.15) is 44.9 Å². The molecular formula is C9H16O4. The quantitative estimate of drug-likeness (QED) is 0.569. The maximum absolute atomic E-state index is 10.1. The summed E-state index contributed by atoms with van der Waals surface area (Å²) in [6.07, 6.45) is 4.53. The van der Waals surface area contributed by atoms with Gasteiger partial charge in [-0.15, -0.1) is 0 Å². The molecule has 0 atom stereocenters. The van der Waals surface area contributed by atoms with Crippen molar-refractivity contribution in [3.8, 4) is 0 Å². The largest absolute Gasteiger partial charge is 0.481 e. The smallest absolute Gasteiger partial charge is 0.303 e. The van der Waals surface area contributed by atoms with Gasteiger partial charge in [0, 0.05) is 12.8 Å². The Morgan fingerprint density at radius 2 is 1.00 bits per heavy atom. The summed E-state index contributed by atoms with van der Waals surface area (Å²) in [6, 6.07) is 0. The van der Waals surface area contributed by atoms with E-state index in [-0.39, 0.29) is 12.8 Å². The van der Waals surface area contributed by atoms with Gasteiger partial charge in [-0.05, 0) is 12.8 Å². The normalized spacial score (nSPS) is 9.85. The van der Waals surface area contributed by atoms with Crippen LogP contribution in [-0.2, 0) is 9.59 Å². The molecule has 0 aromatic carbocycles. The summed E-state index contributed by atoms with van der Waals surface area (Å²) >= 11 is 0. The Hall–Kier alpha value is -1.06. The van der Waals surface area contributed by atoms with Gasteiger partial charge in [0.05, 0.1) is 0 Å². The molecule has 0 amide bonds. The van der Waals surface area contributed by atoms with Gasteiger partial charge in [0.25, 0.3) is 0 Å². The third-order valence-electron chi connectivity index (χ3n) is 1.78. The highest BCUT2D eigenvalue weighted by molar-refractivity contribution is 5.66. The van der Waals surface area contributed by atoms with Crippen molar-refractivity contribution in [2.45, 2.75) is 44.9 Å². The molecule has 0 heterocycles. The van der Waals surface area contributed by atoms with Gasteiger partial charge in [-0.3, -0.25) is 9.59 Å². The molecule has 0 aromatic heterocycles. The van der Waals surface area contributed by atoms with Crippen LogP contribution < -0.4 is 0 Å². The van der Waals surface area contributed by atoms with Crippen LogP contribution in [0.2, 0.25) is 0 Å². The van der Waals surface area contributed by atoms with Gasteiger partial charge in [0.1, 0.15) is 0 Å². The number of carboxylic acid groups (broad SMARTS) is 2. The fourth-order valence-electron chi connectivity index (χ4n) is 1.08. The van der Waals surface area contributed by atoms with Crippen molar-refractivity contribution in [3.05, 3.63) is 0 Å². The molecule has 0 fully saturated rings. The summed E-state index contributed by atoms with van der Waals surface area (Å²) in [6.45, 7) is 0. The van der Waals surface area contributed by atoms with E-state index < -0.39 is 11.9 Å². The van der Waals surface area contributed by atoms with E-state index in [1.165, 1.54) is 0 Å². The SMILES string of the molecule is O=C(O)CCCCCCC[11C](=O)O. The molecule has 2 N–H and O–H groups in total. The van der Waals surface area contributed by atoms with Crippen molar-refractivity contribution in [2.75, 3.05) is 0 Å². The summed E-state index contributed by atoms with van der Waals surface area (Å²) in [7, 11) is 0. The molecule has 4 nitrogen and oxygen atoms in total. The molecule has 0 aliphatic rings. The number of unbranched alkanes of at least 4 members (excludes halogenated alkanes) is 4. The highest BCUT2D eigenvalue weighted by atomic mass is 16.4. The third kappa shape index (κ3) is 10.9. The van der Waals surface area contributed by atoms with Crippen LogP contribution >= 0.6 is 0 Å². The fourth-order valence-corrected chi connectivity index (χ4v) is 1.08. The Balaban J connectivity index is 3.00. The van der Waals surface area contributed by atoms with Crippen LogP contribution in [0.15, 0.2) is 0 Å². The molecule has 0 aliphatic heterocycles. The van der Waals surface area contributed by atoms with Gasteiger partial charge in [0.15, 0.2) is 0 Å². The molecule has 0 rings (SSSR count). The molecule has 0 unspecified atom stereocenters. The number of carboxylic acids is 2. The van der Waals surface area contributed by atoms with Crippen molar-refractivity contribution in [1.29, 1.82) is 0 Å². The summed E-state index contributed by atoms with van der Waals surface area (Å²) in [4.78, 5) is 20.2. The highest BCUT2D eigenvalue weighted by Gasteiger charge is 1.98. The average Bonchev–Trinajstić information content (AvgIpc) is 2.01. The minimum absolute atomic E-state index is 0.221. The lowest BCUT2D eigenvalue weighted by Crippen LogP contribution is -1.95. The molecule has 13 heavy (non-hydrogen) atoms. The monoisotopic (exact) mass is 187 g/mol. The first-order valence-corrected chi connectivity index (χ1v) is 4.56. The average molecular weight is 187 g/mol. The zero-order valence-electron chi connectivity index (χ0n) is 7.66. The minimum Gasteiger partial charge on any atom is -0.481 e. The van der Waals surface area contributed by atoms with Crippen LogP contribution in [0, 0.1) is 0 Å². The fraction of sp³-hybridized carbons (Fsp3) is 0.778. The van der Waals surface area contributed by atoms with E-state index in [1.807, 2.05) is 0 Å². The first-order chi connectivity index (χ1) is 6.13. The molecular weight excluding hydrogens is 171 g/mol. The second-order valence-corrected chi connectivity index (χ2v) is 3.06. The van der Waals surface area contributed by atoms with Crippen molar-refractivity contribution < 1.29 is 19.8 Å². The van der Waals surface area contributed by atoms with Crippen LogP contribution in [-0.4, -0.2) is 22.2 Å². The van der Waals surface area contributed by atoms with Gasteiger partial charge in [-0.25, -0.2) is 0 Å². The molecule has 0 aromatic rings. The van der Waals surface area contributed by atoms with Crippen LogP contribution in [0.4, 0.5) is 0 Å². The van der Waals surface area contributed by atoms with Gasteiger partial charge < -0.3 is 10.2 Å². The van der Waals surface area contributed by atoms with Crippen LogP contribution in [0.5, 0.6) is 0 Å². The predicted molar refractivity (Wildman–Crippen MR) is 47.6 cm³/mol. The second kappa shape index (κ2) is 7.58. The zero-order valence-corrected chi connectivity index (χ0v) is 7.66. The predicted octanol–water partition coefficient (Wildman–Crippen LogP) is 1.89. The Kier molecular flexibility index (Phi) is 6.96. The standard InChI is InChI=1S/C9H16O4/c10-8(11)6-4-2-1-3-5-7-9(12)13/h1-7H2,(H,10,11)(H,12,13)/i8-1. The van der Waals surface area contributed by atoms with E-state index in [9.17, 15) is 9.59 Å². The second-order valence-electron chi connectivity index (χ2n) is 3.06. The van der Waals surface area contributed by atoms with Crippen molar-refractivity contribution >= 4 is 11.9 Å². The molecule has 4 heteroatoms. The summed E-state index contributed by atoms with van der Waals surface area (Å²) in [5, 5.41) is 16.6. The maximum atomic E-state index is 10.1. The van der Waals surface area contributed by atoms with E-state index in [4.69, 9.17) is 10.2 Å². The molecule has 0 bridgehead atoms. The van der Waals surface area contributed by atoms with E-state index in [0.29, 0.717) is 12.8 Å². The highest BCUT2D eigenvalue weighted by Crippen LogP contribution is 2.06. The van der Waals surface area contributed by atoms with Gasteiger partial charge in [-0.2, -0.15) is 0 Å². The Morgan fingerprint density at radius 1 is 0.692 bits per heavy atom. The molecule has 0 spiro atoms. The third-order valence-corrected chi connectivity index (χ3v) is 1.78. The van der Waals surface area contributed by atoms with Gasteiger partial charge >= 0.3 is 11.9 Å². The number of carbonyl (C=O) groups is 2. The number of rotatable bonds is 8. The lowest BCUT2D eigenvalue weighted by Gasteiger charge is -1.97. The molecule has 76 valence electrons. The van der Waals surface area contributed by atoms with Crippen molar-refractivity contribution in [2.24, 2.45) is 0 Å². The number of hydrogen-bond acceptors (Lipinski definition) is 2. The van der Waals surface area contributed by atoms with E-state index in [0.717, 1.165) is 19.3 Å². The lowest BCUT2D eigenvalue weighted by atomic mass is 9.97. The van der Waals surface area contributed by atoms with Gasteiger partial charge in [-0.1, -0.05) is 19.3 Å². The topological polar surface area (TPSA) is 74.6 Å². The molecule has 0 saturated carbocycles. The zero-order chi connectivity index (χ0) is 10.1. The Morgan fingerprint density at radius 3 is 1.31 bits per heavy atom. The molecule has 0 radical (unpaired) electrons. The summed E-state index contributed by atoms with van der Waals surface area (Å²) in [5.41, 5.74) is 0. The first kappa shape index (κ1) is 11.9. The summed E-state index contributed by atoms with van der Waals surface area (Å²) < 4.78 is 0. The number of hydrogen-bond donors (Lipinski definition) is 2. The number of aliphatic carboxylic acids is 2. The molecule has 0 saturated heterocycles. The lowest BCUT2D eigenvalue weighted by molar-refractivity contribution is -0.138. The van der Waals surface area contributed by atoms with Crippen LogP contribution in [0.3, 0.4) is 0 Å². The van der Waals surface area contributed by atoms with E-state index >= 15 is 0 Å². The van der Waals surface area contributed by atoms with Crippen molar-refractivity contribution in [3.63, 3.8) is 0 Å². The maximum Gasteiger partial charge on any atom is 0.303 e. The first-order valence-electron chi connectivity index (χ1n) is 4.56. The summed E-state index contributed by atoms with van der Waals surface area (Å²) in [5.74, 6) is -1.52. The van der Waals surface area contributed by atoms with Gasteiger partial charge in [0.2, 0.25) is 0 Å². The Bertz CT molecular complexity index is 147. The van der Waals surface area contributed by atoms with E-state index in [2.05, 4.69) is 0 Å². The molecule has 0 aliphatic carbocycles. The van der Waals surface area contributed by atoms with Crippen LogP contribution in [0.25, 0.3) is 0 Å². The van der Waals surface area contributed by atoms with Crippen molar-refractivity contribution in [1.82, 2.24) is 0 Å². The minimum atomic E-state index is -0.759. The Labute approximate surface area is 77.6 Å².